The zero-order valence-electron chi connectivity index (χ0n) is 18.3. The molecule has 33 heavy (non-hydrogen) atoms. The molecular weight excluding hydrogens is 446 g/mol. The highest BCUT2D eigenvalue weighted by atomic mass is 32.1. The SMILES string of the molecule is COC(=O)c1c(NC(=O)c2cccc([N+](=O)[O-])c2)sc(C(=O)Nc2ccc(C)cc2C)c1C. The van der Waals surface area contributed by atoms with Gasteiger partial charge in [-0.3, -0.25) is 19.7 Å². The standard InChI is InChI=1S/C23H21N3O6S/c1-12-8-9-17(13(2)10-12)24-21(28)19-14(3)18(23(29)32-4)22(33-19)25-20(27)15-6-5-7-16(11-15)26(30)31/h5-11H,1-4H3,(H,24,28)(H,25,27). The largest absolute Gasteiger partial charge is 0.465 e. The van der Waals surface area contributed by atoms with Gasteiger partial charge >= 0.3 is 5.97 Å². The molecule has 0 atom stereocenters. The van der Waals surface area contributed by atoms with Crippen molar-refractivity contribution in [3.8, 4) is 0 Å². The van der Waals surface area contributed by atoms with Crippen LogP contribution in [0, 0.1) is 30.9 Å². The second kappa shape index (κ2) is 9.61. The normalized spacial score (nSPS) is 10.4. The molecule has 1 heterocycles. The lowest BCUT2D eigenvalue weighted by atomic mass is 10.1. The van der Waals surface area contributed by atoms with Crippen molar-refractivity contribution in [2.75, 3.05) is 17.7 Å². The van der Waals surface area contributed by atoms with Crippen molar-refractivity contribution in [1.29, 1.82) is 0 Å². The van der Waals surface area contributed by atoms with Crippen LogP contribution in [-0.4, -0.2) is 29.8 Å². The Morgan fingerprint density at radius 1 is 1.00 bits per heavy atom. The Kier molecular flexibility index (Phi) is 6.88. The third-order valence-corrected chi connectivity index (χ3v) is 6.12. The number of hydrogen-bond donors (Lipinski definition) is 2. The van der Waals surface area contributed by atoms with Crippen LogP contribution in [0.4, 0.5) is 16.4 Å². The van der Waals surface area contributed by atoms with Crippen LogP contribution in [0.15, 0.2) is 42.5 Å². The Balaban J connectivity index is 1.95. The van der Waals surface area contributed by atoms with Gasteiger partial charge in [0.25, 0.3) is 17.5 Å². The summed E-state index contributed by atoms with van der Waals surface area (Å²) in [6, 6.07) is 10.8. The number of carbonyl (C=O) groups is 3. The summed E-state index contributed by atoms with van der Waals surface area (Å²) in [5.41, 5.74) is 2.75. The first-order chi connectivity index (χ1) is 15.6. The van der Waals surface area contributed by atoms with Crippen molar-refractivity contribution in [1.82, 2.24) is 0 Å². The van der Waals surface area contributed by atoms with Gasteiger partial charge in [-0.1, -0.05) is 23.8 Å². The second-order valence-corrected chi connectivity index (χ2v) is 8.31. The Labute approximate surface area is 193 Å². The van der Waals surface area contributed by atoms with E-state index in [-0.39, 0.29) is 26.7 Å². The third kappa shape index (κ3) is 5.07. The van der Waals surface area contributed by atoms with E-state index in [4.69, 9.17) is 4.74 Å². The molecule has 3 rings (SSSR count). The highest BCUT2D eigenvalue weighted by Gasteiger charge is 2.27. The molecule has 2 N–H and O–H groups in total. The molecule has 0 aliphatic heterocycles. The number of nitro benzene ring substituents is 1. The fourth-order valence-corrected chi connectivity index (χ4v) is 4.32. The quantitative estimate of drug-likeness (QED) is 0.302. The number of aryl methyl sites for hydroxylation is 2. The van der Waals surface area contributed by atoms with Gasteiger partial charge in [-0.2, -0.15) is 0 Å². The number of nitro groups is 1. The van der Waals surface area contributed by atoms with Crippen molar-refractivity contribution in [2.45, 2.75) is 20.8 Å². The zero-order chi connectivity index (χ0) is 24.3. The summed E-state index contributed by atoms with van der Waals surface area (Å²) in [7, 11) is 1.20. The van der Waals surface area contributed by atoms with Gasteiger partial charge in [0.05, 0.1) is 22.5 Å². The van der Waals surface area contributed by atoms with Crippen LogP contribution in [0.5, 0.6) is 0 Å². The molecular formula is C23H21N3O6S. The Morgan fingerprint density at radius 2 is 1.73 bits per heavy atom. The summed E-state index contributed by atoms with van der Waals surface area (Å²) in [6.07, 6.45) is 0. The highest BCUT2D eigenvalue weighted by molar-refractivity contribution is 7.19. The van der Waals surface area contributed by atoms with E-state index >= 15 is 0 Å². The maximum absolute atomic E-state index is 13.0. The number of amides is 2. The first-order valence-electron chi connectivity index (χ1n) is 9.78. The minimum atomic E-state index is -0.719. The van der Waals surface area contributed by atoms with Crippen molar-refractivity contribution in [3.05, 3.63) is 85.3 Å². The van der Waals surface area contributed by atoms with Crippen LogP contribution >= 0.6 is 11.3 Å². The van der Waals surface area contributed by atoms with Gasteiger partial charge in [0.15, 0.2) is 0 Å². The number of esters is 1. The monoisotopic (exact) mass is 467 g/mol. The van der Waals surface area contributed by atoms with Crippen molar-refractivity contribution < 1.29 is 24.0 Å². The van der Waals surface area contributed by atoms with Crippen molar-refractivity contribution in [3.63, 3.8) is 0 Å². The molecule has 170 valence electrons. The van der Waals surface area contributed by atoms with Gasteiger partial charge in [0.1, 0.15) is 5.00 Å². The number of non-ortho nitro benzene ring substituents is 1. The molecule has 1 aromatic heterocycles. The number of nitrogens with zero attached hydrogens (tertiary/aromatic N) is 1. The van der Waals surface area contributed by atoms with Gasteiger partial charge in [-0.15, -0.1) is 11.3 Å². The molecule has 0 aliphatic rings. The van der Waals surface area contributed by atoms with E-state index in [1.54, 1.807) is 13.0 Å². The molecule has 0 spiro atoms. The topological polar surface area (TPSA) is 128 Å². The number of benzene rings is 2. The number of hydrogen-bond acceptors (Lipinski definition) is 7. The van der Waals surface area contributed by atoms with E-state index in [1.807, 2.05) is 26.0 Å². The van der Waals surface area contributed by atoms with Gasteiger partial charge in [0, 0.05) is 23.4 Å². The summed E-state index contributed by atoms with van der Waals surface area (Å²) in [4.78, 5) is 48.7. The first-order valence-corrected chi connectivity index (χ1v) is 10.6. The van der Waals surface area contributed by atoms with E-state index in [2.05, 4.69) is 10.6 Å². The molecule has 2 aromatic carbocycles. The maximum Gasteiger partial charge on any atom is 0.341 e. The van der Waals surface area contributed by atoms with E-state index < -0.39 is 22.7 Å². The molecule has 2 amide bonds. The van der Waals surface area contributed by atoms with Gasteiger partial charge < -0.3 is 15.4 Å². The molecule has 0 fully saturated rings. The Bertz CT molecular complexity index is 1280. The fourth-order valence-electron chi connectivity index (χ4n) is 3.23. The van der Waals surface area contributed by atoms with Crippen LogP contribution in [0.2, 0.25) is 0 Å². The molecule has 0 bridgehead atoms. The number of methoxy groups -OCH3 is 1. The lowest BCUT2D eigenvalue weighted by Crippen LogP contribution is -2.14. The summed E-state index contributed by atoms with van der Waals surface area (Å²) in [5.74, 6) is -1.82. The van der Waals surface area contributed by atoms with Crippen molar-refractivity contribution >= 4 is 45.5 Å². The predicted octanol–water partition coefficient (Wildman–Crippen LogP) is 4.87. The molecule has 3 aromatic rings. The van der Waals surface area contributed by atoms with Crippen molar-refractivity contribution in [2.24, 2.45) is 0 Å². The lowest BCUT2D eigenvalue weighted by molar-refractivity contribution is -0.384. The van der Waals surface area contributed by atoms with E-state index in [0.717, 1.165) is 28.5 Å². The van der Waals surface area contributed by atoms with Crippen LogP contribution in [0.1, 0.15) is 47.1 Å². The van der Waals surface area contributed by atoms with E-state index in [1.165, 1.54) is 25.3 Å². The molecule has 0 aliphatic carbocycles. The molecule has 0 saturated carbocycles. The fraction of sp³-hybridized carbons (Fsp3) is 0.174. The smallest absolute Gasteiger partial charge is 0.341 e. The van der Waals surface area contributed by atoms with Crippen LogP contribution in [0.25, 0.3) is 0 Å². The molecule has 10 heteroatoms. The number of ether oxygens (including phenoxy) is 1. The van der Waals surface area contributed by atoms with Gasteiger partial charge in [0.2, 0.25) is 0 Å². The molecule has 0 unspecified atom stereocenters. The minimum absolute atomic E-state index is 0.0346. The van der Waals surface area contributed by atoms with E-state index in [9.17, 15) is 24.5 Å². The maximum atomic E-state index is 13.0. The first kappa shape index (κ1) is 23.6. The molecule has 9 nitrogen and oxygen atoms in total. The number of thiophene rings is 1. The summed E-state index contributed by atoms with van der Waals surface area (Å²) in [6.45, 7) is 5.40. The average Bonchev–Trinajstić information content (AvgIpc) is 3.10. The van der Waals surface area contributed by atoms with Crippen LogP contribution < -0.4 is 10.6 Å². The third-order valence-electron chi connectivity index (χ3n) is 4.92. The van der Waals surface area contributed by atoms with Gasteiger partial charge in [-0.05, 0) is 44.0 Å². The highest BCUT2D eigenvalue weighted by Crippen LogP contribution is 2.35. The summed E-state index contributed by atoms with van der Waals surface area (Å²) in [5, 5.41) is 16.5. The predicted molar refractivity (Wildman–Crippen MR) is 125 cm³/mol. The number of carbonyl (C=O) groups excluding carboxylic acids is 3. The molecule has 0 radical (unpaired) electrons. The average molecular weight is 468 g/mol. The van der Waals surface area contributed by atoms with Crippen LogP contribution in [0.3, 0.4) is 0 Å². The lowest BCUT2D eigenvalue weighted by Gasteiger charge is -2.08. The van der Waals surface area contributed by atoms with E-state index in [0.29, 0.717) is 11.3 Å². The number of anilines is 2. The second-order valence-electron chi connectivity index (χ2n) is 7.29. The number of rotatable bonds is 6. The van der Waals surface area contributed by atoms with Gasteiger partial charge in [-0.25, -0.2) is 4.79 Å². The Hall–Kier alpha value is -4.05. The summed E-state index contributed by atoms with van der Waals surface area (Å²) < 4.78 is 4.83. The summed E-state index contributed by atoms with van der Waals surface area (Å²) >= 11 is 0.921. The number of nitrogens with one attached hydrogen (secondary N) is 2. The van der Waals surface area contributed by atoms with Crippen LogP contribution in [-0.2, 0) is 4.74 Å². The zero-order valence-corrected chi connectivity index (χ0v) is 19.2. The minimum Gasteiger partial charge on any atom is -0.465 e. The molecule has 0 saturated heterocycles. The Morgan fingerprint density at radius 3 is 2.36 bits per heavy atom.